The number of hydrogen-bond acceptors (Lipinski definition) is 9. The normalized spacial score (nSPS) is 22.1. The molecule has 3 saturated heterocycles. The van der Waals surface area contributed by atoms with E-state index < -0.39 is 41.0 Å². The number of rotatable bonds is 8. The smallest absolute Gasteiger partial charge is 0.386 e. The number of imidazole rings is 1. The minimum Gasteiger partial charge on any atom is -0.386 e. The van der Waals surface area contributed by atoms with Gasteiger partial charge in [-0.15, -0.1) is 0 Å². The Morgan fingerprint density at radius 1 is 0.968 bits per heavy atom. The molecule has 1 atom stereocenters. The molecular formula is C45H50F3N9O6. The highest BCUT2D eigenvalue weighted by Crippen LogP contribution is 2.43. The number of alkyl halides is 3. The van der Waals surface area contributed by atoms with Gasteiger partial charge in [-0.05, 0) is 100 Å². The van der Waals surface area contributed by atoms with Crippen molar-refractivity contribution in [3.8, 4) is 0 Å². The number of pyridine rings is 1. The lowest BCUT2D eigenvalue weighted by atomic mass is 9.71. The second kappa shape index (κ2) is 15.7. The fourth-order valence-corrected chi connectivity index (χ4v) is 10.3. The van der Waals surface area contributed by atoms with E-state index in [4.69, 9.17) is 5.10 Å². The molecule has 3 aromatic heterocycles. The van der Waals surface area contributed by atoms with Crippen LogP contribution in [0.2, 0.25) is 0 Å². The summed E-state index contributed by atoms with van der Waals surface area (Å²) in [7, 11) is 1.72. The van der Waals surface area contributed by atoms with E-state index in [0.29, 0.717) is 54.5 Å². The van der Waals surface area contributed by atoms with Gasteiger partial charge in [0.25, 0.3) is 5.91 Å². The molecule has 63 heavy (non-hydrogen) atoms. The van der Waals surface area contributed by atoms with Crippen LogP contribution in [-0.4, -0.2) is 88.6 Å². The Labute approximate surface area is 360 Å². The van der Waals surface area contributed by atoms with Crippen LogP contribution in [0.1, 0.15) is 105 Å². The molecule has 18 heteroatoms. The molecule has 332 valence electrons. The number of aromatic nitrogens is 5. The van der Waals surface area contributed by atoms with E-state index >= 15 is 0 Å². The van der Waals surface area contributed by atoms with Gasteiger partial charge in [-0.3, -0.25) is 43.2 Å². The Hall–Kier alpha value is -5.88. The highest BCUT2D eigenvalue weighted by atomic mass is 19.4. The number of carbonyl (C=O) groups excluding carboxylic acids is 4. The minimum atomic E-state index is -4.71. The first kappa shape index (κ1) is 42.4. The average molecular weight is 870 g/mol. The topological polar surface area (TPSA) is 177 Å². The van der Waals surface area contributed by atoms with Crippen LogP contribution in [0.4, 0.5) is 18.9 Å². The molecule has 4 amide bonds. The zero-order valence-corrected chi connectivity index (χ0v) is 35.4. The van der Waals surface area contributed by atoms with Gasteiger partial charge in [0.05, 0.1) is 28.2 Å². The van der Waals surface area contributed by atoms with Crippen molar-refractivity contribution in [2.24, 2.45) is 18.4 Å². The predicted octanol–water partition coefficient (Wildman–Crippen LogP) is 5.42. The molecular weight excluding hydrogens is 820 g/mol. The number of para-hydroxylation sites is 1. The molecule has 0 bridgehead atoms. The van der Waals surface area contributed by atoms with Crippen molar-refractivity contribution in [1.29, 1.82) is 0 Å². The van der Waals surface area contributed by atoms with E-state index in [-0.39, 0.29) is 53.4 Å². The maximum absolute atomic E-state index is 13.8. The van der Waals surface area contributed by atoms with Crippen LogP contribution >= 0.6 is 0 Å². The number of fused-ring (bicyclic) bond motifs is 2. The molecule has 4 fully saturated rings. The number of halogens is 3. The van der Waals surface area contributed by atoms with Gasteiger partial charge in [-0.25, -0.2) is 9.78 Å². The van der Waals surface area contributed by atoms with Crippen LogP contribution in [-0.2, 0) is 39.8 Å². The van der Waals surface area contributed by atoms with Crippen LogP contribution in [0.25, 0.3) is 21.9 Å². The molecule has 9 rings (SSSR count). The molecule has 3 aliphatic heterocycles. The number of likely N-dealkylation sites (tertiary alicyclic amines) is 2. The number of imide groups is 1. The van der Waals surface area contributed by atoms with Crippen molar-refractivity contribution in [3.05, 3.63) is 87.7 Å². The number of piperidine rings is 2. The van der Waals surface area contributed by atoms with E-state index in [1.54, 1.807) is 37.6 Å². The van der Waals surface area contributed by atoms with Gasteiger partial charge in [-0.2, -0.15) is 18.3 Å². The van der Waals surface area contributed by atoms with Gasteiger partial charge in [0.15, 0.2) is 0 Å². The summed E-state index contributed by atoms with van der Waals surface area (Å²) in [6.07, 6.45) is 2.38. The van der Waals surface area contributed by atoms with Gasteiger partial charge in [0.2, 0.25) is 17.7 Å². The molecule has 4 aliphatic rings. The summed E-state index contributed by atoms with van der Waals surface area (Å²) in [6.45, 7) is 6.97. The summed E-state index contributed by atoms with van der Waals surface area (Å²) in [5.74, 6) is -1.51. The van der Waals surface area contributed by atoms with Crippen LogP contribution in [0.5, 0.6) is 0 Å². The third-order valence-electron chi connectivity index (χ3n) is 13.6. The van der Waals surface area contributed by atoms with E-state index in [1.807, 2.05) is 34.0 Å². The Balaban J connectivity index is 0.794. The molecule has 1 spiro atoms. The number of carbonyl (C=O) groups is 4. The molecule has 2 aromatic carbocycles. The van der Waals surface area contributed by atoms with Gasteiger partial charge in [0.1, 0.15) is 17.4 Å². The summed E-state index contributed by atoms with van der Waals surface area (Å²) in [5, 5.41) is 21.5. The molecule has 3 N–H and O–H groups in total. The lowest BCUT2D eigenvalue weighted by Crippen LogP contribution is -2.60. The summed E-state index contributed by atoms with van der Waals surface area (Å²) < 4.78 is 44.8. The van der Waals surface area contributed by atoms with Crippen molar-refractivity contribution >= 4 is 51.3 Å². The van der Waals surface area contributed by atoms with Gasteiger partial charge in [0, 0.05) is 74.9 Å². The van der Waals surface area contributed by atoms with Crippen molar-refractivity contribution in [2.75, 3.05) is 31.5 Å². The molecule has 1 aliphatic carbocycles. The fraction of sp³-hybridized carbons (Fsp3) is 0.489. The highest BCUT2D eigenvalue weighted by molar-refractivity contribution is 6.04. The zero-order chi connectivity index (χ0) is 44.6. The average Bonchev–Trinajstić information content (AvgIpc) is 3.77. The first-order valence-corrected chi connectivity index (χ1v) is 21.5. The van der Waals surface area contributed by atoms with Crippen molar-refractivity contribution in [1.82, 2.24) is 39.0 Å². The quantitative estimate of drug-likeness (QED) is 0.172. The number of amides is 4. The van der Waals surface area contributed by atoms with E-state index in [9.17, 15) is 42.3 Å². The lowest BCUT2D eigenvalue weighted by Gasteiger charge is -2.54. The van der Waals surface area contributed by atoms with E-state index in [1.165, 1.54) is 10.6 Å². The Morgan fingerprint density at radius 2 is 1.68 bits per heavy atom. The molecule has 15 nitrogen and oxygen atoms in total. The van der Waals surface area contributed by atoms with Crippen LogP contribution in [0, 0.1) is 11.3 Å². The third kappa shape index (κ3) is 8.02. The number of aryl methyl sites for hydroxylation is 1. The predicted molar refractivity (Wildman–Crippen MR) is 225 cm³/mol. The maximum Gasteiger partial charge on any atom is 0.433 e. The monoisotopic (exact) mass is 869 g/mol. The number of nitrogens with one attached hydrogen (secondary N) is 2. The molecule has 1 saturated carbocycles. The molecule has 1 unspecified atom stereocenters. The number of aliphatic hydroxyl groups is 1. The molecule has 5 aromatic rings. The van der Waals surface area contributed by atoms with Crippen LogP contribution in [0.3, 0.4) is 0 Å². The summed E-state index contributed by atoms with van der Waals surface area (Å²) in [4.78, 5) is 72.7. The first-order valence-electron chi connectivity index (χ1n) is 21.5. The number of nitrogens with zero attached hydrogens (tertiary/aromatic N) is 7. The summed E-state index contributed by atoms with van der Waals surface area (Å²) >= 11 is 0. The van der Waals surface area contributed by atoms with Crippen molar-refractivity contribution in [2.45, 2.75) is 95.6 Å². The SMILES string of the molecule is Cn1c(=O)n(C2CCC(=O)NC2=O)c2cccc(CN3CC4(CCN(C(=O)[C@H]5CC[C@H](n6cc7cc(NC(=O)c8cccc(C(F)(F)F)n8)c(C(C)(C)O)cc7n6)CC5)CC4)C3)c21. The first-order chi connectivity index (χ1) is 29.9. The number of hydrogen-bond donors (Lipinski definition) is 3. The van der Waals surface area contributed by atoms with Crippen molar-refractivity contribution in [3.63, 3.8) is 0 Å². The van der Waals surface area contributed by atoms with Gasteiger partial charge in [-0.1, -0.05) is 18.2 Å². The zero-order valence-electron chi connectivity index (χ0n) is 35.4. The highest BCUT2D eigenvalue weighted by Gasteiger charge is 2.46. The number of anilines is 1. The standard InChI is InChI=1S/C45H50F3N9O6/c1-43(2,63)30-21-32-28(20-33(30)50-39(59)31-7-5-9-36(49-31)45(46,47)48)23-56(52-32)29-12-10-26(11-13-29)41(61)55-18-16-44(17-19-55)24-54(25-44)22-27-6-4-8-34-38(27)53(3)42(62)57(34)35-14-15-37(58)51-40(35)60/h4-9,20-21,23,26,29,35,63H,10-19,22,24-25H2,1-3H3,(H,50,59)(H,51,58,60)/t26-,29-,35?. The summed E-state index contributed by atoms with van der Waals surface area (Å²) in [6, 6.07) is 11.5. The minimum absolute atomic E-state index is 0.0363. The fourth-order valence-electron chi connectivity index (χ4n) is 10.3. The maximum atomic E-state index is 13.8. The molecule has 0 radical (unpaired) electrons. The largest absolute Gasteiger partial charge is 0.433 e. The lowest BCUT2D eigenvalue weighted by molar-refractivity contribution is -0.142. The van der Waals surface area contributed by atoms with Crippen LogP contribution in [0.15, 0.2) is 59.5 Å². The third-order valence-corrected chi connectivity index (χ3v) is 13.6. The Bertz CT molecular complexity index is 2710. The second-order valence-electron chi connectivity index (χ2n) is 18.4. The van der Waals surface area contributed by atoms with Gasteiger partial charge < -0.3 is 15.3 Å². The summed E-state index contributed by atoms with van der Waals surface area (Å²) in [5.41, 5.74) is 0.480. The van der Waals surface area contributed by atoms with E-state index in [2.05, 4.69) is 20.5 Å². The Morgan fingerprint density at radius 3 is 2.37 bits per heavy atom. The second-order valence-corrected chi connectivity index (χ2v) is 18.4. The van der Waals surface area contributed by atoms with E-state index in [0.717, 1.165) is 62.0 Å². The molecule has 6 heterocycles. The van der Waals surface area contributed by atoms with Crippen LogP contribution < -0.4 is 16.3 Å². The van der Waals surface area contributed by atoms with Gasteiger partial charge >= 0.3 is 11.9 Å². The van der Waals surface area contributed by atoms with Crippen molar-refractivity contribution < 1.29 is 37.5 Å². The number of benzene rings is 2. The Kier molecular flexibility index (Phi) is 10.6.